The maximum absolute atomic E-state index is 12.6. The summed E-state index contributed by atoms with van der Waals surface area (Å²) in [5, 5.41) is 0. The Bertz CT molecular complexity index is 1060. The van der Waals surface area contributed by atoms with Crippen LogP contribution in [-0.4, -0.2) is 44.1 Å². The lowest BCUT2D eigenvalue weighted by Gasteiger charge is -2.29. The van der Waals surface area contributed by atoms with E-state index < -0.39 is 22.6 Å². The van der Waals surface area contributed by atoms with Crippen LogP contribution in [0.5, 0.6) is 0 Å². The summed E-state index contributed by atoms with van der Waals surface area (Å²) in [6.07, 6.45) is 5.08. The van der Waals surface area contributed by atoms with Gasteiger partial charge in [0.15, 0.2) is 6.61 Å². The number of carbonyl (C=O) groups is 2. The molecule has 2 aromatic rings. The third kappa shape index (κ3) is 3.45. The Morgan fingerprint density at radius 3 is 2.82 bits per heavy atom. The lowest BCUT2D eigenvalue weighted by Crippen LogP contribution is -2.35. The van der Waals surface area contributed by atoms with E-state index in [2.05, 4.69) is 9.38 Å². The number of Topliss-reactive ketones (excluding diaryl/α,β-unsaturated/α-hetero) is 1. The molecule has 1 fully saturated rings. The summed E-state index contributed by atoms with van der Waals surface area (Å²) < 4.78 is 34.2. The minimum absolute atomic E-state index is 0.0108. The molecular formula is C19H19N3O5S. The van der Waals surface area contributed by atoms with Crippen LogP contribution in [0.2, 0.25) is 0 Å². The number of benzene rings is 1. The van der Waals surface area contributed by atoms with Crippen LogP contribution < -0.4 is 4.90 Å². The van der Waals surface area contributed by atoms with Crippen molar-refractivity contribution in [1.29, 1.82) is 0 Å². The van der Waals surface area contributed by atoms with Crippen molar-refractivity contribution in [3.8, 4) is 0 Å². The third-order valence-corrected chi connectivity index (χ3v) is 6.15. The van der Waals surface area contributed by atoms with E-state index >= 15 is 0 Å². The first-order chi connectivity index (χ1) is 13.5. The normalized spacial score (nSPS) is 17.7. The molecule has 3 heterocycles. The molecule has 0 spiro atoms. The maximum Gasteiger partial charge on any atom is 0.338 e. The molecule has 0 aliphatic carbocycles. The molecule has 1 aromatic carbocycles. The van der Waals surface area contributed by atoms with Crippen LogP contribution in [0, 0.1) is 0 Å². The fourth-order valence-corrected chi connectivity index (χ4v) is 4.69. The second-order valence-electron chi connectivity index (χ2n) is 6.71. The Morgan fingerprint density at radius 1 is 1.18 bits per heavy atom. The largest absolute Gasteiger partial charge is 0.454 e. The number of nitrogens with one attached hydrogen (secondary N) is 1. The number of amidine groups is 1. The first kappa shape index (κ1) is 18.4. The van der Waals surface area contributed by atoms with E-state index in [0.717, 1.165) is 19.3 Å². The van der Waals surface area contributed by atoms with Gasteiger partial charge in [-0.25, -0.2) is 4.79 Å². The lowest BCUT2D eigenvalue weighted by atomic mass is 10.2. The van der Waals surface area contributed by atoms with E-state index in [-0.39, 0.29) is 16.2 Å². The van der Waals surface area contributed by atoms with E-state index in [1.807, 2.05) is 4.90 Å². The molecule has 0 amide bonds. The van der Waals surface area contributed by atoms with Gasteiger partial charge in [-0.15, -0.1) is 4.40 Å². The summed E-state index contributed by atoms with van der Waals surface area (Å²) in [6, 6.07) is 7.65. The molecule has 1 aromatic heterocycles. The molecule has 0 bridgehead atoms. The molecule has 0 radical (unpaired) electrons. The first-order valence-electron chi connectivity index (χ1n) is 9.05. The van der Waals surface area contributed by atoms with Gasteiger partial charge in [0.05, 0.1) is 16.9 Å². The second-order valence-corrected chi connectivity index (χ2v) is 8.28. The monoisotopic (exact) mass is 401 g/mol. The van der Waals surface area contributed by atoms with Gasteiger partial charge in [-0.3, -0.25) is 4.79 Å². The molecule has 0 saturated carbocycles. The summed E-state index contributed by atoms with van der Waals surface area (Å²) in [5.74, 6) is -0.580. The van der Waals surface area contributed by atoms with Crippen molar-refractivity contribution in [2.45, 2.75) is 30.6 Å². The summed E-state index contributed by atoms with van der Waals surface area (Å²) in [5.41, 5.74) is 0.935. The number of sulfonamides is 1. The van der Waals surface area contributed by atoms with E-state index in [9.17, 15) is 18.0 Å². The topological polar surface area (TPSA) is 109 Å². The Morgan fingerprint density at radius 2 is 2.04 bits per heavy atom. The van der Waals surface area contributed by atoms with Crippen LogP contribution >= 0.6 is 0 Å². The minimum Gasteiger partial charge on any atom is -0.454 e. The molecule has 2 aliphatic heterocycles. The lowest BCUT2D eigenvalue weighted by molar-refractivity contribution is 0.0473. The highest BCUT2D eigenvalue weighted by Gasteiger charge is 2.32. The molecular weight excluding hydrogens is 382 g/mol. The Hall–Kier alpha value is -2.94. The van der Waals surface area contributed by atoms with Crippen LogP contribution in [0.1, 0.15) is 46.5 Å². The second kappa shape index (κ2) is 7.23. The molecule has 28 heavy (non-hydrogen) atoms. The number of hydrogen-bond donors (Lipinski definition) is 1. The highest BCUT2D eigenvalue weighted by molar-refractivity contribution is 7.90. The average molecular weight is 401 g/mol. The van der Waals surface area contributed by atoms with Crippen LogP contribution in [0.3, 0.4) is 0 Å². The van der Waals surface area contributed by atoms with Crippen LogP contribution in [0.4, 0.5) is 5.69 Å². The van der Waals surface area contributed by atoms with Gasteiger partial charge in [-0.2, -0.15) is 8.42 Å². The van der Waals surface area contributed by atoms with Crippen LogP contribution in [0.25, 0.3) is 0 Å². The summed E-state index contributed by atoms with van der Waals surface area (Å²) in [7, 11) is -3.88. The molecule has 8 nitrogen and oxygen atoms in total. The molecule has 1 N–H and O–H groups in total. The molecule has 146 valence electrons. The van der Waals surface area contributed by atoms with Gasteiger partial charge in [0, 0.05) is 19.2 Å². The Balaban J connectivity index is 1.57. The van der Waals surface area contributed by atoms with E-state index in [1.54, 1.807) is 24.4 Å². The minimum atomic E-state index is -3.88. The standard InChI is InChI=1S/C19H19N3O5S/c23-16(14-5-4-9-20-14)12-27-19(24)13-7-8-15-17(11-13)28(25,26)21-18-6-2-1-3-10-22(15)18/h4-5,7-9,11,20H,1-3,6,10,12H2. The highest BCUT2D eigenvalue weighted by atomic mass is 32.2. The summed E-state index contributed by atoms with van der Waals surface area (Å²) in [6.45, 7) is 0.257. The predicted octanol–water partition coefficient (Wildman–Crippen LogP) is 2.54. The molecule has 0 atom stereocenters. The SMILES string of the molecule is O=C(OCC(=O)c1ccc[nH]1)c1ccc2c(c1)S(=O)(=O)N=C1CCCCCN12. The van der Waals surface area contributed by atoms with E-state index in [4.69, 9.17) is 4.74 Å². The van der Waals surface area contributed by atoms with Crippen molar-refractivity contribution in [3.05, 3.63) is 47.8 Å². The number of hydrogen-bond acceptors (Lipinski definition) is 6. The van der Waals surface area contributed by atoms with Gasteiger partial charge in [-0.1, -0.05) is 6.42 Å². The molecule has 2 aliphatic rings. The number of H-pyrrole nitrogens is 1. The zero-order valence-corrected chi connectivity index (χ0v) is 15.9. The number of aromatic amines is 1. The number of nitrogens with zero attached hydrogens (tertiary/aromatic N) is 2. The average Bonchev–Trinajstić information content (AvgIpc) is 3.12. The summed E-state index contributed by atoms with van der Waals surface area (Å²) >= 11 is 0. The Labute approximate surface area is 162 Å². The maximum atomic E-state index is 12.6. The zero-order chi connectivity index (χ0) is 19.7. The van der Waals surface area contributed by atoms with Crippen molar-refractivity contribution in [2.75, 3.05) is 18.1 Å². The number of ketones is 1. The number of anilines is 1. The number of esters is 1. The van der Waals surface area contributed by atoms with Crippen LogP contribution in [-0.2, 0) is 14.8 Å². The third-order valence-electron chi connectivity index (χ3n) is 4.82. The van der Waals surface area contributed by atoms with Gasteiger partial charge < -0.3 is 14.6 Å². The first-order valence-corrected chi connectivity index (χ1v) is 10.5. The smallest absolute Gasteiger partial charge is 0.338 e. The van der Waals surface area contributed by atoms with E-state index in [0.29, 0.717) is 30.2 Å². The van der Waals surface area contributed by atoms with Crippen molar-refractivity contribution in [1.82, 2.24) is 4.98 Å². The number of aromatic nitrogens is 1. The molecule has 1 saturated heterocycles. The van der Waals surface area contributed by atoms with E-state index in [1.165, 1.54) is 12.1 Å². The molecule has 9 heteroatoms. The highest BCUT2D eigenvalue weighted by Crippen LogP contribution is 2.35. The number of fused-ring (bicyclic) bond motifs is 3. The van der Waals surface area contributed by atoms with Crippen molar-refractivity contribution in [2.24, 2.45) is 4.40 Å². The zero-order valence-electron chi connectivity index (χ0n) is 15.1. The predicted molar refractivity (Wildman–Crippen MR) is 102 cm³/mol. The Kier molecular flexibility index (Phi) is 4.76. The van der Waals surface area contributed by atoms with Gasteiger partial charge in [0.25, 0.3) is 10.0 Å². The summed E-state index contributed by atoms with van der Waals surface area (Å²) in [4.78, 5) is 28.9. The van der Waals surface area contributed by atoms with Gasteiger partial charge in [0.2, 0.25) is 5.78 Å². The molecule has 0 unspecified atom stereocenters. The van der Waals surface area contributed by atoms with Crippen molar-refractivity contribution < 1.29 is 22.7 Å². The van der Waals surface area contributed by atoms with Crippen molar-refractivity contribution >= 4 is 33.3 Å². The van der Waals surface area contributed by atoms with Gasteiger partial charge >= 0.3 is 5.97 Å². The number of ether oxygens (including phenoxy) is 1. The quantitative estimate of drug-likeness (QED) is 0.623. The van der Waals surface area contributed by atoms with Gasteiger partial charge in [0.1, 0.15) is 10.7 Å². The fourth-order valence-electron chi connectivity index (χ4n) is 3.40. The van der Waals surface area contributed by atoms with Crippen molar-refractivity contribution in [3.63, 3.8) is 0 Å². The van der Waals surface area contributed by atoms with Gasteiger partial charge in [-0.05, 0) is 43.2 Å². The number of carbonyl (C=O) groups excluding carboxylic acids is 2. The number of rotatable bonds is 4. The fraction of sp³-hybridized carbons (Fsp3) is 0.316. The van der Waals surface area contributed by atoms with Crippen LogP contribution in [0.15, 0.2) is 45.8 Å². The molecule has 4 rings (SSSR count).